The maximum atomic E-state index is 4.23. The first-order valence-electron chi connectivity index (χ1n) is 3.87. The van der Waals surface area contributed by atoms with Gasteiger partial charge < -0.3 is 0 Å². The van der Waals surface area contributed by atoms with Crippen molar-refractivity contribution < 1.29 is 0 Å². The molecule has 4 heteroatoms. The topological polar surface area (TPSA) is 38.7 Å². The maximum absolute atomic E-state index is 4.23. The molecule has 62 valence electrons. The quantitative estimate of drug-likeness (QED) is 0.541. The van der Waals surface area contributed by atoms with E-state index in [1.165, 1.54) is 0 Å². The summed E-state index contributed by atoms with van der Waals surface area (Å²) < 4.78 is 1.16. The van der Waals surface area contributed by atoms with Crippen LogP contribution in [0.2, 0.25) is 0 Å². The lowest BCUT2D eigenvalue weighted by Gasteiger charge is -1.93. The highest BCUT2D eigenvalue weighted by molar-refractivity contribution is 7.16. The Hall–Kier alpha value is -1.55. The summed E-state index contributed by atoms with van der Waals surface area (Å²) in [5, 5.41) is 0. The van der Waals surface area contributed by atoms with Crippen molar-refractivity contribution in [2.75, 3.05) is 0 Å². The molecular formula is C9H5N3S. The Bertz CT molecular complexity index is 523. The van der Waals surface area contributed by atoms with Crippen LogP contribution in [0.1, 0.15) is 0 Å². The van der Waals surface area contributed by atoms with Gasteiger partial charge in [0.25, 0.3) is 0 Å². The van der Waals surface area contributed by atoms with Crippen LogP contribution in [0.15, 0.2) is 30.0 Å². The van der Waals surface area contributed by atoms with Gasteiger partial charge >= 0.3 is 0 Å². The Morgan fingerprint density at radius 2 is 1.62 bits per heavy atom. The number of hydrogen-bond donors (Lipinski definition) is 0. The van der Waals surface area contributed by atoms with Gasteiger partial charge in [-0.05, 0) is 12.1 Å². The third-order valence-corrected chi connectivity index (χ3v) is 2.71. The van der Waals surface area contributed by atoms with E-state index in [1.807, 2.05) is 17.6 Å². The largest absolute Gasteiger partial charge is 0.253 e. The first-order chi connectivity index (χ1) is 6.43. The van der Waals surface area contributed by atoms with Gasteiger partial charge in [-0.25, -0.2) is 4.98 Å². The number of aromatic nitrogens is 3. The van der Waals surface area contributed by atoms with E-state index in [9.17, 15) is 0 Å². The first-order valence-corrected chi connectivity index (χ1v) is 4.75. The van der Waals surface area contributed by atoms with Crippen LogP contribution < -0.4 is 0 Å². The predicted octanol–water partition coefficient (Wildman–Crippen LogP) is 2.24. The van der Waals surface area contributed by atoms with Crippen molar-refractivity contribution in [2.24, 2.45) is 0 Å². The molecule has 2 heterocycles. The molecule has 1 aromatic carbocycles. The summed E-state index contributed by atoms with van der Waals surface area (Å²) in [7, 11) is 0. The molecule has 2 aromatic heterocycles. The minimum atomic E-state index is 0.904. The second-order valence-electron chi connectivity index (χ2n) is 2.72. The fourth-order valence-electron chi connectivity index (χ4n) is 1.32. The smallest absolute Gasteiger partial charge is 0.0909 e. The van der Waals surface area contributed by atoms with E-state index in [4.69, 9.17) is 0 Å². The molecule has 13 heavy (non-hydrogen) atoms. The molecule has 0 saturated heterocycles. The number of nitrogens with zero attached hydrogens (tertiary/aromatic N) is 3. The Morgan fingerprint density at radius 1 is 0.846 bits per heavy atom. The highest BCUT2D eigenvalue weighted by atomic mass is 32.1. The number of thiazole rings is 1. The summed E-state index contributed by atoms with van der Waals surface area (Å²) in [5.74, 6) is 0. The Kier molecular flexibility index (Phi) is 1.31. The van der Waals surface area contributed by atoms with Crippen LogP contribution in [0.5, 0.6) is 0 Å². The van der Waals surface area contributed by atoms with Crippen molar-refractivity contribution in [2.45, 2.75) is 0 Å². The van der Waals surface area contributed by atoms with Crippen molar-refractivity contribution in [3.8, 4) is 0 Å². The Balaban J connectivity index is 2.57. The van der Waals surface area contributed by atoms with Gasteiger partial charge in [-0.2, -0.15) is 0 Å². The van der Waals surface area contributed by atoms with Crippen LogP contribution in [0.4, 0.5) is 0 Å². The third-order valence-electron chi connectivity index (χ3n) is 1.92. The average Bonchev–Trinajstić information content (AvgIpc) is 2.61. The van der Waals surface area contributed by atoms with Crippen LogP contribution in [0.25, 0.3) is 21.3 Å². The van der Waals surface area contributed by atoms with Gasteiger partial charge in [-0.15, -0.1) is 11.3 Å². The zero-order valence-corrected chi connectivity index (χ0v) is 7.45. The second kappa shape index (κ2) is 2.47. The monoisotopic (exact) mass is 187 g/mol. The van der Waals surface area contributed by atoms with E-state index in [-0.39, 0.29) is 0 Å². The molecule has 0 aliphatic carbocycles. The van der Waals surface area contributed by atoms with E-state index >= 15 is 0 Å². The fourth-order valence-corrected chi connectivity index (χ4v) is 2.01. The van der Waals surface area contributed by atoms with Crippen LogP contribution in [-0.4, -0.2) is 15.0 Å². The van der Waals surface area contributed by atoms with Gasteiger partial charge in [0, 0.05) is 12.4 Å². The van der Waals surface area contributed by atoms with E-state index in [2.05, 4.69) is 15.0 Å². The van der Waals surface area contributed by atoms with Crippen LogP contribution in [0.3, 0.4) is 0 Å². The molecular weight excluding hydrogens is 182 g/mol. The molecule has 0 aliphatic rings. The van der Waals surface area contributed by atoms with Gasteiger partial charge in [0.1, 0.15) is 0 Å². The first kappa shape index (κ1) is 6.91. The molecule has 3 aromatic rings. The minimum Gasteiger partial charge on any atom is -0.253 e. The summed E-state index contributed by atoms with van der Waals surface area (Å²) in [6.07, 6.45) is 3.40. The van der Waals surface area contributed by atoms with Gasteiger partial charge in [0.05, 0.1) is 26.8 Å². The highest BCUT2D eigenvalue weighted by Gasteiger charge is 2.00. The summed E-state index contributed by atoms with van der Waals surface area (Å²) in [4.78, 5) is 12.7. The molecule has 0 radical (unpaired) electrons. The molecule has 0 atom stereocenters. The zero-order chi connectivity index (χ0) is 8.67. The minimum absolute atomic E-state index is 0.904. The number of hydrogen-bond acceptors (Lipinski definition) is 4. The van der Waals surface area contributed by atoms with Gasteiger partial charge in [-0.1, -0.05) is 0 Å². The van der Waals surface area contributed by atoms with Crippen molar-refractivity contribution in [1.82, 2.24) is 15.0 Å². The number of benzene rings is 1. The van der Waals surface area contributed by atoms with Crippen molar-refractivity contribution in [3.63, 3.8) is 0 Å². The van der Waals surface area contributed by atoms with E-state index in [0.29, 0.717) is 0 Å². The molecule has 3 rings (SSSR count). The number of fused-ring (bicyclic) bond motifs is 2. The van der Waals surface area contributed by atoms with Crippen LogP contribution >= 0.6 is 11.3 Å². The van der Waals surface area contributed by atoms with E-state index in [1.54, 1.807) is 23.7 Å². The molecule has 0 N–H and O–H groups in total. The third kappa shape index (κ3) is 0.990. The van der Waals surface area contributed by atoms with Crippen molar-refractivity contribution >= 4 is 32.6 Å². The normalized spacial score (nSPS) is 11.1. The lowest BCUT2D eigenvalue weighted by Crippen LogP contribution is -1.80. The van der Waals surface area contributed by atoms with Crippen LogP contribution in [0, 0.1) is 0 Å². The summed E-state index contributed by atoms with van der Waals surface area (Å²) >= 11 is 1.62. The van der Waals surface area contributed by atoms with Gasteiger partial charge in [0.2, 0.25) is 0 Å². The summed E-state index contributed by atoms with van der Waals surface area (Å²) in [6.45, 7) is 0. The Morgan fingerprint density at radius 3 is 2.46 bits per heavy atom. The maximum Gasteiger partial charge on any atom is 0.0909 e. The molecule has 3 nitrogen and oxygen atoms in total. The predicted molar refractivity (Wildman–Crippen MR) is 52.7 cm³/mol. The SMILES string of the molecule is c1cnc2cc3scnc3cc2n1. The summed E-state index contributed by atoms with van der Waals surface area (Å²) in [5.41, 5.74) is 4.67. The average molecular weight is 187 g/mol. The van der Waals surface area contributed by atoms with Crippen molar-refractivity contribution in [3.05, 3.63) is 30.0 Å². The highest BCUT2D eigenvalue weighted by Crippen LogP contribution is 2.21. The van der Waals surface area contributed by atoms with E-state index in [0.717, 1.165) is 21.3 Å². The summed E-state index contributed by atoms with van der Waals surface area (Å²) in [6, 6.07) is 3.99. The lowest BCUT2D eigenvalue weighted by atomic mass is 10.3. The van der Waals surface area contributed by atoms with Crippen molar-refractivity contribution in [1.29, 1.82) is 0 Å². The molecule has 0 aliphatic heterocycles. The number of rotatable bonds is 0. The van der Waals surface area contributed by atoms with Gasteiger partial charge in [-0.3, -0.25) is 9.97 Å². The fraction of sp³-hybridized carbons (Fsp3) is 0. The standard InChI is InChI=1S/C9H5N3S/c1-2-11-7-4-9-8(12-5-13-9)3-6(7)10-1/h1-5H. The van der Waals surface area contributed by atoms with Crippen LogP contribution in [-0.2, 0) is 0 Å². The lowest BCUT2D eigenvalue weighted by molar-refractivity contribution is 1.30. The molecule has 0 unspecified atom stereocenters. The molecule has 0 fully saturated rings. The van der Waals surface area contributed by atoms with Gasteiger partial charge in [0.15, 0.2) is 0 Å². The Labute approximate surface area is 78.1 Å². The molecule has 0 spiro atoms. The molecule has 0 bridgehead atoms. The van der Waals surface area contributed by atoms with E-state index < -0.39 is 0 Å². The zero-order valence-electron chi connectivity index (χ0n) is 6.64. The molecule has 0 saturated carbocycles. The second-order valence-corrected chi connectivity index (χ2v) is 3.60. The molecule has 0 amide bonds.